The topological polar surface area (TPSA) is 60.7 Å². The standard InChI is InChI=1S/C28H39F3O3/c1-3-27-15-14-18-16-20(32)10-11-21(18)25(27)19(17-26(2)22(27)12-13-23(26)33)8-6-4-5-7-9-24(34)28(29,30)31/h3,10-11,16,19,22-25,32-34H,1,4-9,12-15,17H2,2H3/t19-,22+,23-,24+,25+,26-,27?/m0/s1. The maximum atomic E-state index is 12.5. The van der Waals surface area contributed by atoms with Crippen LogP contribution in [0.2, 0.25) is 0 Å². The second-order valence-corrected chi connectivity index (χ2v) is 11.3. The average molecular weight is 481 g/mol. The first kappa shape index (κ1) is 25.6. The van der Waals surface area contributed by atoms with E-state index in [1.807, 2.05) is 6.07 Å². The second kappa shape index (κ2) is 9.50. The van der Waals surface area contributed by atoms with E-state index in [0.29, 0.717) is 30.4 Å². The van der Waals surface area contributed by atoms with Crippen LogP contribution in [-0.4, -0.2) is 33.7 Å². The highest BCUT2D eigenvalue weighted by Gasteiger charge is 2.63. The number of phenols is 1. The molecular weight excluding hydrogens is 441 g/mol. The third-order valence-electron chi connectivity index (χ3n) is 9.54. The molecular formula is C28H39F3O3. The molecule has 2 saturated carbocycles. The number of unbranched alkanes of at least 4 members (excludes halogenated alkanes) is 3. The van der Waals surface area contributed by atoms with Gasteiger partial charge in [0.15, 0.2) is 0 Å². The predicted octanol–water partition coefficient (Wildman–Crippen LogP) is 6.66. The summed E-state index contributed by atoms with van der Waals surface area (Å²) in [5, 5.41) is 30.3. The molecule has 0 bridgehead atoms. The Labute approximate surface area is 201 Å². The highest BCUT2D eigenvalue weighted by Crippen LogP contribution is 2.69. The van der Waals surface area contributed by atoms with Crippen LogP contribution in [0, 0.1) is 22.7 Å². The fraction of sp³-hybridized carbons (Fsp3) is 0.714. The zero-order valence-corrected chi connectivity index (χ0v) is 20.2. The van der Waals surface area contributed by atoms with Crippen molar-refractivity contribution >= 4 is 0 Å². The quantitative estimate of drug-likeness (QED) is 0.288. The van der Waals surface area contributed by atoms with Crippen molar-refractivity contribution in [1.82, 2.24) is 0 Å². The fourth-order valence-corrected chi connectivity index (χ4v) is 7.95. The SMILES string of the molecule is C=CC12CCc3cc(O)ccc3[C@H]1[C@@H](CCCCCC[C@@H](O)C(F)(F)F)C[C@]1(C)[C@@H](O)CC[C@@H]21. The molecule has 3 aliphatic rings. The van der Waals surface area contributed by atoms with Crippen molar-refractivity contribution in [3.63, 3.8) is 0 Å². The Hall–Kier alpha value is -1.53. The summed E-state index contributed by atoms with van der Waals surface area (Å²) in [6.45, 7) is 6.56. The lowest BCUT2D eigenvalue weighted by molar-refractivity contribution is -0.205. The Balaban J connectivity index is 1.51. The van der Waals surface area contributed by atoms with E-state index in [2.05, 4.69) is 25.6 Å². The zero-order valence-electron chi connectivity index (χ0n) is 20.2. The van der Waals surface area contributed by atoms with Gasteiger partial charge in [0.1, 0.15) is 11.9 Å². The molecule has 0 spiro atoms. The first-order valence-corrected chi connectivity index (χ1v) is 12.9. The molecule has 7 atom stereocenters. The van der Waals surface area contributed by atoms with E-state index in [9.17, 15) is 28.5 Å². The molecule has 0 aliphatic heterocycles. The van der Waals surface area contributed by atoms with Crippen molar-refractivity contribution < 1.29 is 28.5 Å². The molecule has 0 amide bonds. The lowest BCUT2D eigenvalue weighted by Gasteiger charge is -2.60. The third kappa shape index (κ3) is 4.41. The Morgan fingerprint density at radius 3 is 2.62 bits per heavy atom. The molecule has 3 aliphatic carbocycles. The summed E-state index contributed by atoms with van der Waals surface area (Å²) in [6, 6.07) is 5.74. The van der Waals surface area contributed by atoms with Crippen molar-refractivity contribution in [1.29, 1.82) is 0 Å². The van der Waals surface area contributed by atoms with Crippen molar-refractivity contribution in [3.8, 4) is 5.75 Å². The monoisotopic (exact) mass is 480 g/mol. The molecule has 4 rings (SSSR count). The molecule has 0 heterocycles. The number of alkyl halides is 3. The van der Waals surface area contributed by atoms with E-state index in [1.165, 1.54) is 11.1 Å². The highest BCUT2D eigenvalue weighted by molar-refractivity contribution is 5.43. The summed E-state index contributed by atoms with van der Waals surface area (Å²) in [7, 11) is 0. The minimum atomic E-state index is -4.53. The van der Waals surface area contributed by atoms with Gasteiger partial charge >= 0.3 is 6.18 Å². The predicted molar refractivity (Wildman–Crippen MR) is 127 cm³/mol. The highest BCUT2D eigenvalue weighted by atomic mass is 19.4. The Kier molecular flexibility index (Phi) is 7.14. The number of rotatable bonds is 8. The van der Waals surface area contributed by atoms with Crippen LogP contribution in [-0.2, 0) is 6.42 Å². The number of aliphatic hydroxyl groups is 2. The number of hydrogen-bond donors (Lipinski definition) is 3. The molecule has 2 fully saturated rings. The number of halogens is 3. The molecule has 6 heteroatoms. The lowest BCUT2D eigenvalue weighted by Crippen LogP contribution is -2.54. The van der Waals surface area contributed by atoms with Gasteiger partial charge in [-0.05, 0) is 96.8 Å². The van der Waals surface area contributed by atoms with E-state index >= 15 is 0 Å². The van der Waals surface area contributed by atoms with Gasteiger partial charge in [-0.2, -0.15) is 13.2 Å². The van der Waals surface area contributed by atoms with Crippen LogP contribution < -0.4 is 0 Å². The molecule has 1 aromatic carbocycles. The third-order valence-corrected chi connectivity index (χ3v) is 9.54. The lowest BCUT2D eigenvalue weighted by atomic mass is 9.44. The van der Waals surface area contributed by atoms with E-state index < -0.39 is 12.3 Å². The molecule has 190 valence electrons. The molecule has 3 N–H and O–H groups in total. The van der Waals surface area contributed by atoms with Crippen molar-refractivity contribution in [2.24, 2.45) is 22.7 Å². The van der Waals surface area contributed by atoms with Crippen LogP contribution in [0.25, 0.3) is 0 Å². The van der Waals surface area contributed by atoms with E-state index in [4.69, 9.17) is 0 Å². The zero-order chi connectivity index (χ0) is 24.7. The fourth-order valence-electron chi connectivity index (χ4n) is 7.95. The molecule has 3 nitrogen and oxygen atoms in total. The number of fused-ring (bicyclic) bond motifs is 5. The van der Waals surface area contributed by atoms with Gasteiger partial charge in [-0.25, -0.2) is 0 Å². The van der Waals surface area contributed by atoms with Gasteiger partial charge in [-0.15, -0.1) is 6.58 Å². The normalized spacial score (nSPS) is 35.8. The smallest absolute Gasteiger partial charge is 0.414 e. The van der Waals surface area contributed by atoms with E-state index in [0.717, 1.165) is 51.4 Å². The Bertz CT molecular complexity index is 884. The number of aromatic hydroxyl groups is 1. The number of allylic oxidation sites excluding steroid dienone is 1. The Morgan fingerprint density at radius 1 is 1.18 bits per heavy atom. The van der Waals surface area contributed by atoms with Crippen molar-refractivity contribution in [2.45, 2.75) is 102 Å². The molecule has 0 radical (unpaired) electrons. The number of hydrogen-bond acceptors (Lipinski definition) is 3. The number of phenolic OH excluding ortho intramolecular Hbond substituents is 1. The van der Waals surface area contributed by atoms with Gasteiger partial charge in [0.25, 0.3) is 0 Å². The summed E-state index contributed by atoms with van der Waals surface area (Å²) in [5.74, 6) is 1.29. The van der Waals surface area contributed by atoms with Gasteiger partial charge in [0.2, 0.25) is 0 Å². The summed E-state index contributed by atoms with van der Waals surface area (Å²) >= 11 is 0. The molecule has 34 heavy (non-hydrogen) atoms. The molecule has 0 aromatic heterocycles. The number of aryl methyl sites for hydroxylation is 1. The minimum absolute atomic E-state index is 0.0874. The van der Waals surface area contributed by atoms with Gasteiger partial charge < -0.3 is 15.3 Å². The van der Waals surface area contributed by atoms with Crippen LogP contribution in [0.3, 0.4) is 0 Å². The van der Waals surface area contributed by atoms with Crippen LogP contribution in [0.5, 0.6) is 5.75 Å². The van der Waals surface area contributed by atoms with Crippen LogP contribution in [0.15, 0.2) is 30.9 Å². The second-order valence-electron chi connectivity index (χ2n) is 11.3. The average Bonchev–Trinajstić information content (AvgIpc) is 3.09. The Morgan fingerprint density at radius 2 is 1.91 bits per heavy atom. The first-order valence-electron chi connectivity index (χ1n) is 12.9. The van der Waals surface area contributed by atoms with Crippen molar-refractivity contribution in [2.75, 3.05) is 0 Å². The maximum Gasteiger partial charge on any atom is 0.414 e. The maximum absolute atomic E-state index is 12.5. The number of aliphatic hydroxyl groups excluding tert-OH is 2. The van der Waals surface area contributed by atoms with E-state index in [-0.39, 0.29) is 29.3 Å². The summed E-state index contributed by atoms with van der Waals surface area (Å²) in [6.07, 6.45) is 3.21. The summed E-state index contributed by atoms with van der Waals surface area (Å²) in [4.78, 5) is 0. The molecule has 1 unspecified atom stereocenters. The summed E-state index contributed by atoms with van der Waals surface area (Å²) in [5.41, 5.74) is 2.26. The summed E-state index contributed by atoms with van der Waals surface area (Å²) < 4.78 is 37.6. The largest absolute Gasteiger partial charge is 0.508 e. The van der Waals surface area contributed by atoms with Gasteiger partial charge in [0.05, 0.1) is 6.10 Å². The van der Waals surface area contributed by atoms with Gasteiger partial charge in [0, 0.05) is 0 Å². The van der Waals surface area contributed by atoms with Crippen LogP contribution in [0.4, 0.5) is 13.2 Å². The molecule has 1 aromatic rings. The number of benzene rings is 1. The van der Waals surface area contributed by atoms with Crippen LogP contribution >= 0.6 is 0 Å². The van der Waals surface area contributed by atoms with Crippen molar-refractivity contribution in [3.05, 3.63) is 42.0 Å². The van der Waals surface area contributed by atoms with Gasteiger partial charge in [-0.3, -0.25) is 0 Å². The first-order chi connectivity index (χ1) is 16.0. The van der Waals surface area contributed by atoms with Crippen LogP contribution in [0.1, 0.15) is 88.2 Å². The van der Waals surface area contributed by atoms with Gasteiger partial charge in [-0.1, -0.05) is 44.7 Å². The molecule has 0 saturated heterocycles. The van der Waals surface area contributed by atoms with E-state index in [1.54, 1.807) is 6.07 Å². The minimum Gasteiger partial charge on any atom is -0.508 e.